The first-order valence-electron chi connectivity index (χ1n) is 5.23. The molecular formula is C10H23AlO. The molecule has 0 unspecified atom stereocenters. The third-order valence-corrected chi connectivity index (χ3v) is 3.60. The average Bonchev–Trinajstić information content (AvgIpc) is 2.11. The summed E-state index contributed by atoms with van der Waals surface area (Å²) in [6, 6.07) is 0. The highest BCUT2D eigenvalue weighted by Gasteiger charge is 2.19. The van der Waals surface area contributed by atoms with Gasteiger partial charge >= 0.3 is 16.6 Å². The van der Waals surface area contributed by atoms with Gasteiger partial charge in [0.2, 0.25) is 0 Å². The van der Waals surface area contributed by atoms with Crippen molar-refractivity contribution in [1.82, 2.24) is 0 Å². The smallest absolute Gasteiger partial charge is 0.410 e. The molecule has 0 atom stereocenters. The van der Waals surface area contributed by atoms with Crippen LogP contribution >= 0.6 is 0 Å². The quantitative estimate of drug-likeness (QED) is 0.555. The summed E-state index contributed by atoms with van der Waals surface area (Å²) in [5, 5.41) is 0. The maximum absolute atomic E-state index is 5.68. The van der Waals surface area contributed by atoms with Gasteiger partial charge in [-0.3, -0.25) is 0 Å². The highest BCUT2D eigenvalue weighted by molar-refractivity contribution is 5.98. The zero-order chi connectivity index (χ0) is 9.45. The minimum Gasteiger partial charge on any atom is -0.501 e. The third-order valence-electron chi connectivity index (χ3n) is 2.61. The fourth-order valence-electron chi connectivity index (χ4n) is 1.43. The highest BCUT2D eigenvalue weighted by Crippen LogP contribution is 2.23. The standard InChI is InChI=1S/C10H21O.Al.2H/c1-4-6-8-10(3,11)9-7-5-2;;;/h4-9H2,1-3H3;;;/q-1;+1;;. The van der Waals surface area contributed by atoms with Crippen molar-refractivity contribution in [1.29, 1.82) is 0 Å². The minimum absolute atomic E-state index is 0.207. The first-order valence-corrected chi connectivity index (χ1v) is 6.05. The lowest BCUT2D eigenvalue weighted by atomic mass is 9.93. The van der Waals surface area contributed by atoms with E-state index >= 15 is 0 Å². The van der Waals surface area contributed by atoms with Gasteiger partial charge in [0, 0.05) is 5.60 Å². The molecule has 0 rings (SSSR count). The van der Waals surface area contributed by atoms with E-state index in [-0.39, 0.29) is 5.60 Å². The van der Waals surface area contributed by atoms with E-state index in [0.717, 1.165) is 16.6 Å². The zero-order valence-electron chi connectivity index (χ0n) is 9.15. The molecule has 0 aromatic heterocycles. The van der Waals surface area contributed by atoms with Crippen LogP contribution in [0.2, 0.25) is 0 Å². The van der Waals surface area contributed by atoms with Crippen molar-refractivity contribution in [2.24, 2.45) is 0 Å². The van der Waals surface area contributed by atoms with Crippen molar-refractivity contribution in [3.05, 3.63) is 0 Å². The Morgan fingerprint density at radius 1 is 1.08 bits per heavy atom. The number of hydrogen-bond acceptors (Lipinski definition) is 1. The maximum Gasteiger partial charge on any atom is 0.410 e. The topological polar surface area (TPSA) is 9.23 Å². The molecule has 0 aromatic rings. The van der Waals surface area contributed by atoms with Crippen LogP contribution in [-0.4, -0.2) is 22.2 Å². The summed E-state index contributed by atoms with van der Waals surface area (Å²) < 4.78 is 5.68. The van der Waals surface area contributed by atoms with Crippen LogP contribution in [0.4, 0.5) is 0 Å². The molecule has 2 heteroatoms. The van der Waals surface area contributed by atoms with Crippen molar-refractivity contribution < 1.29 is 3.79 Å². The number of unbranched alkanes of at least 4 members (excludes halogenated alkanes) is 2. The lowest BCUT2D eigenvalue weighted by molar-refractivity contribution is 0.0757. The Hall–Kier alpha value is 0.492. The molecule has 0 saturated heterocycles. The van der Waals surface area contributed by atoms with Gasteiger partial charge in [-0.25, -0.2) is 0 Å². The predicted octanol–water partition coefficient (Wildman–Crippen LogP) is 2.69. The van der Waals surface area contributed by atoms with Crippen molar-refractivity contribution in [3.8, 4) is 0 Å². The van der Waals surface area contributed by atoms with Crippen LogP contribution in [-0.2, 0) is 3.79 Å². The lowest BCUT2D eigenvalue weighted by Crippen LogP contribution is -2.27. The average molecular weight is 186 g/mol. The first kappa shape index (κ1) is 12.5. The Labute approximate surface area is 85.6 Å². The number of rotatable bonds is 7. The molecule has 0 heterocycles. The van der Waals surface area contributed by atoms with E-state index in [1.807, 2.05) is 0 Å². The molecule has 0 radical (unpaired) electrons. The summed E-state index contributed by atoms with van der Waals surface area (Å²) in [5.74, 6) is 0. The van der Waals surface area contributed by atoms with Crippen molar-refractivity contribution in [2.45, 2.75) is 64.9 Å². The molecule has 0 bridgehead atoms. The Kier molecular flexibility index (Phi) is 7.24. The second-order valence-corrected chi connectivity index (χ2v) is 4.27. The largest absolute Gasteiger partial charge is 0.501 e. The Morgan fingerprint density at radius 3 is 1.75 bits per heavy atom. The van der Waals surface area contributed by atoms with E-state index in [1.165, 1.54) is 38.5 Å². The zero-order valence-corrected chi connectivity index (χ0v) is 11.2. The van der Waals surface area contributed by atoms with Gasteiger partial charge < -0.3 is 3.79 Å². The maximum atomic E-state index is 5.68. The molecule has 0 fully saturated rings. The monoisotopic (exact) mass is 186 g/mol. The van der Waals surface area contributed by atoms with Crippen molar-refractivity contribution in [3.63, 3.8) is 0 Å². The Balaban J connectivity index is 3.70. The Morgan fingerprint density at radius 2 is 1.50 bits per heavy atom. The Bertz CT molecular complexity index is 96.0. The molecule has 0 aliphatic rings. The SMILES string of the molecule is CCCCC(C)(CCCC)[O][AlH2]. The summed E-state index contributed by atoms with van der Waals surface area (Å²) in [7, 11) is 0. The second-order valence-electron chi connectivity index (χ2n) is 3.86. The van der Waals surface area contributed by atoms with Crippen LogP contribution < -0.4 is 0 Å². The number of hydrogen-bond donors (Lipinski definition) is 0. The van der Waals surface area contributed by atoms with E-state index in [1.54, 1.807) is 0 Å². The van der Waals surface area contributed by atoms with Crippen LogP contribution in [0.5, 0.6) is 0 Å². The van der Waals surface area contributed by atoms with Gasteiger partial charge in [0.25, 0.3) is 0 Å². The van der Waals surface area contributed by atoms with Crippen molar-refractivity contribution >= 4 is 16.6 Å². The third kappa shape index (κ3) is 5.19. The molecule has 0 N–H and O–H groups in total. The predicted molar refractivity (Wildman–Crippen MR) is 57.1 cm³/mol. The van der Waals surface area contributed by atoms with Crippen LogP contribution in [0.3, 0.4) is 0 Å². The highest BCUT2D eigenvalue weighted by atomic mass is 27.1. The normalized spacial score (nSPS) is 11.9. The van der Waals surface area contributed by atoms with E-state index in [4.69, 9.17) is 3.79 Å². The molecule has 0 amide bonds. The summed E-state index contributed by atoms with van der Waals surface area (Å²) >= 11 is 0.880. The van der Waals surface area contributed by atoms with Crippen LogP contribution in [0, 0.1) is 0 Å². The molecular weight excluding hydrogens is 163 g/mol. The molecule has 0 aromatic carbocycles. The molecule has 0 saturated carbocycles. The van der Waals surface area contributed by atoms with E-state index in [0.29, 0.717) is 0 Å². The molecule has 0 aliphatic heterocycles. The van der Waals surface area contributed by atoms with Gasteiger partial charge in [-0.1, -0.05) is 39.5 Å². The van der Waals surface area contributed by atoms with Gasteiger partial charge in [0.05, 0.1) is 0 Å². The van der Waals surface area contributed by atoms with E-state index in [2.05, 4.69) is 20.8 Å². The van der Waals surface area contributed by atoms with Gasteiger partial charge in [-0.15, -0.1) is 0 Å². The van der Waals surface area contributed by atoms with Gasteiger partial charge in [0.15, 0.2) is 0 Å². The molecule has 12 heavy (non-hydrogen) atoms. The van der Waals surface area contributed by atoms with Gasteiger partial charge in [-0.2, -0.15) is 0 Å². The van der Waals surface area contributed by atoms with Gasteiger partial charge in [-0.05, 0) is 19.8 Å². The van der Waals surface area contributed by atoms with Crippen molar-refractivity contribution in [2.75, 3.05) is 0 Å². The second kappa shape index (κ2) is 6.95. The molecule has 0 spiro atoms. The first-order chi connectivity index (χ1) is 5.68. The minimum atomic E-state index is 0.207. The van der Waals surface area contributed by atoms with Crippen LogP contribution in [0.25, 0.3) is 0 Å². The lowest BCUT2D eigenvalue weighted by Gasteiger charge is -2.30. The molecule has 72 valence electrons. The van der Waals surface area contributed by atoms with Gasteiger partial charge in [0.1, 0.15) is 0 Å². The molecule has 1 nitrogen and oxygen atoms in total. The fourth-order valence-corrected chi connectivity index (χ4v) is 1.84. The van der Waals surface area contributed by atoms with Crippen LogP contribution in [0.1, 0.15) is 59.3 Å². The van der Waals surface area contributed by atoms with E-state index in [9.17, 15) is 0 Å². The van der Waals surface area contributed by atoms with Crippen LogP contribution in [0.15, 0.2) is 0 Å². The molecule has 0 aliphatic carbocycles. The fraction of sp³-hybridized carbons (Fsp3) is 1.00. The summed E-state index contributed by atoms with van der Waals surface area (Å²) in [6.45, 7) is 6.76. The summed E-state index contributed by atoms with van der Waals surface area (Å²) in [4.78, 5) is 0. The van der Waals surface area contributed by atoms with E-state index < -0.39 is 0 Å². The summed E-state index contributed by atoms with van der Waals surface area (Å²) in [5.41, 5.74) is 0.207. The summed E-state index contributed by atoms with van der Waals surface area (Å²) in [6.07, 6.45) is 7.67.